The summed E-state index contributed by atoms with van der Waals surface area (Å²) in [6.07, 6.45) is 8.91. The van der Waals surface area contributed by atoms with Crippen LogP contribution in [0, 0.1) is 19.8 Å². The Labute approximate surface area is 153 Å². The smallest absolute Gasteiger partial charge is 0.225 e. The minimum absolute atomic E-state index is 0.227. The quantitative estimate of drug-likeness (QED) is 0.913. The van der Waals surface area contributed by atoms with Gasteiger partial charge in [0, 0.05) is 30.7 Å². The summed E-state index contributed by atoms with van der Waals surface area (Å²) >= 11 is 0. The van der Waals surface area contributed by atoms with Gasteiger partial charge in [-0.1, -0.05) is 12.8 Å². The zero-order valence-corrected chi connectivity index (χ0v) is 15.5. The van der Waals surface area contributed by atoms with Gasteiger partial charge in [-0.25, -0.2) is 9.67 Å². The summed E-state index contributed by atoms with van der Waals surface area (Å²) in [7, 11) is 0. The van der Waals surface area contributed by atoms with Crippen molar-refractivity contribution in [3.05, 3.63) is 29.8 Å². The standard InChI is InChI=1S/C19H26N6O/c1-13-9-14(2)25(23-13)18-11-20-10-17(22-18)21-16-7-8-24(12-16)19(26)15-5-3-4-6-15/h9-11,15-16H,3-8,12H2,1-2H3,(H,21,22). The fraction of sp³-hybridized carbons (Fsp3) is 0.579. The van der Waals surface area contributed by atoms with Crippen molar-refractivity contribution in [3.63, 3.8) is 0 Å². The fourth-order valence-corrected chi connectivity index (χ4v) is 4.11. The van der Waals surface area contributed by atoms with Crippen LogP contribution in [0.1, 0.15) is 43.5 Å². The molecule has 1 unspecified atom stereocenters. The predicted molar refractivity (Wildman–Crippen MR) is 99.2 cm³/mol. The van der Waals surface area contributed by atoms with E-state index in [0.717, 1.165) is 49.6 Å². The number of amides is 1. The van der Waals surface area contributed by atoms with Crippen LogP contribution in [0.4, 0.5) is 5.82 Å². The SMILES string of the molecule is Cc1cc(C)n(-c2cncc(NC3CCN(C(=O)C4CCCC4)C3)n2)n1. The first-order valence-electron chi connectivity index (χ1n) is 9.51. The number of nitrogens with one attached hydrogen (secondary N) is 1. The Morgan fingerprint density at radius 1 is 1.19 bits per heavy atom. The van der Waals surface area contributed by atoms with Crippen LogP contribution in [0.3, 0.4) is 0 Å². The molecule has 7 heteroatoms. The van der Waals surface area contributed by atoms with E-state index in [9.17, 15) is 4.79 Å². The monoisotopic (exact) mass is 354 g/mol. The van der Waals surface area contributed by atoms with Crippen molar-refractivity contribution in [1.29, 1.82) is 0 Å². The first-order chi connectivity index (χ1) is 12.6. The van der Waals surface area contributed by atoms with Gasteiger partial charge in [0.1, 0.15) is 5.82 Å². The van der Waals surface area contributed by atoms with Crippen molar-refractivity contribution < 1.29 is 4.79 Å². The predicted octanol–water partition coefficient (Wildman–Crippen LogP) is 2.48. The molecular weight excluding hydrogens is 328 g/mol. The maximum atomic E-state index is 12.6. The molecule has 2 fully saturated rings. The highest BCUT2D eigenvalue weighted by Crippen LogP contribution is 2.28. The summed E-state index contributed by atoms with van der Waals surface area (Å²) in [5.41, 5.74) is 1.99. The number of carbonyl (C=O) groups is 1. The Morgan fingerprint density at radius 2 is 2.00 bits per heavy atom. The lowest BCUT2D eigenvalue weighted by Gasteiger charge is -2.20. The minimum Gasteiger partial charge on any atom is -0.364 e. The second-order valence-electron chi connectivity index (χ2n) is 7.50. The summed E-state index contributed by atoms with van der Waals surface area (Å²) in [4.78, 5) is 23.6. The van der Waals surface area contributed by atoms with E-state index >= 15 is 0 Å². The van der Waals surface area contributed by atoms with E-state index in [2.05, 4.69) is 20.4 Å². The molecule has 1 atom stereocenters. The lowest BCUT2D eigenvalue weighted by atomic mass is 10.1. The summed E-state index contributed by atoms with van der Waals surface area (Å²) in [5.74, 6) is 2.03. The number of rotatable bonds is 4. The van der Waals surface area contributed by atoms with Gasteiger partial charge in [-0.2, -0.15) is 5.10 Å². The van der Waals surface area contributed by atoms with Crippen LogP contribution >= 0.6 is 0 Å². The van der Waals surface area contributed by atoms with Gasteiger partial charge in [-0.3, -0.25) is 9.78 Å². The van der Waals surface area contributed by atoms with Crippen molar-refractivity contribution in [1.82, 2.24) is 24.6 Å². The van der Waals surface area contributed by atoms with E-state index in [4.69, 9.17) is 0 Å². The molecule has 0 spiro atoms. The van der Waals surface area contributed by atoms with E-state index in [1.165, 1.54) is 12.8 Å². The maximum Gasteiger partial charge on any atom is 0.225 e. The molecule has 1 saturated carbocycles. The molecule has 0 radical (unpaired) electrons. The molecule has 7 nitrogen and oxygen atoms in total. The van der Waals surface area contributed by atoms with Gasteiger partial charge >= 0.3 is 0 Å². The van der Waals surface area contributed by atoms with Crippen LogP contribution in [-0.2, 0) is 4.79 Å². The third kappa shape index (κ3) is 3.43. The number of likely N-dealkylation sites (tertiary alicyclic amines) is 1. The van der Waals surface area contributed by atoms with Crippen molar-refractivity contribution >= 4 is 11.7 Å². The molecule has 1 saturated heterocycles. The molecule has 1 N–H and O–H groups in total. The van der Waals surface area contributed by atoms with Gasteiger partial charge in [0.25, 0.3) is 0 Å². The van der Waals surface area contributed by atoms with Gasteiger partial charge in [-0.15, -0.1) is 0 Å². The number of aromatic nitrogens is 4. The highest BCUT2D eigenvalue weighted by Gasteiger charge is 2.32. The third-order valence-electron chi connectivity index (χ3n) is 5.40. The normalized spacial score (nSPS) is 20.7. The number of anilines is 1. The average Bonchev–Trinajstić information content (AvgIpc) is 3.36. The van der Waals surface area contributed by atoms with Crippen LogP contribution in [0.15, 0.2) is 18.5 Å². The van der Waals surface area contributed by atoms with E-state index in [1.807, 2.05) is 24.8 Å². The molecule has 138 valence electrons. The topological polar surface area (TPSA) is 75.9 Å². The van der Waals surface area contributed by atoms with Gasteiger partial charge in [0.15, 0.2) is 5.82 Å². The Hall–Kier alpha value is -2.44. The van der Waals surface area contributed by atoms with Crippen LogP contribution in [0.2, 0.25) is 0 Å². The van der Waals surface area contributed by atoms with E-state index in [0.29, 0.717) is 11.7 Å². The Bertz CT molecular complexity index is 795. The number of hydrogen-bond donors (Lipinski definition) is 1. The molecule has 0 bridgehead atoms. The zero-order valence-electron chi connectivity index (χ0n) is 15.5. The molecule has 26 heavy (non-hydrogen) atoms. The van der Waals surface area contributed by atoms with Gasteiger partial charge in [0.2, 0.25) is 5.91 Å². The molecule has 4 rings (SSSR count). The van der Waals surface area contributed by atoms with Crippen LogP contribution in [0.5, 0.6) is 0 Å². The molecule has 2 aromatic rings. The number of aryl methyl sites for hydroxylation is 2. The summed E-state index contributed by atoms with van der Waals surface area (Å²) in [5, 5.41) is 7.91. The number of hydrogen-bond acceptors (Lipinski definition) is 5. The maximum absolute atomic E-state index is 12.6. The summed E-state index contributed by atoms with van der Waals surface area (Å²) < 4.78 is 1.80. The third-order valence-corrected chi connectivity index (χ3v) is 5.40. The second kappa shape index (κ2) is 7.05. The van der Waals surface area contributed by atoms with Crippen molar-refractivity contribution in [2.45, 2.75) is 52.0 Å². The van der Waals surface area contributed by atoms with Crippen LogP contribution in [0.25, 0.3) is 5.82 Å². The summed E-state index contributed by atoms with van der Waals surface area (Å²) in [6.45, 7) is 5.55. The molecule has 1 amide bonds. The Morgan fingerprint density at radius 3 is 2.73 bits per heavy atom. The molecule has 2 aliphatic rings. The fourth-order valence-electron chi connectivity index (χ4n) is 4.11. The van der Waals surface area contributed by atoms with Gasteiger partial charge in [0.05, 0.1) is 18.1 Å². The molecule has 1 aliphatic carbocycles. The van der Waals surface area contributed by atoms with Gasteiger partial charge in [-0.05, 0) is 39.2 Å². The highest BCUT2D eigenvalue weighted by molar-refractivity contribution is 5.79. The van der Waals surface area contributed by atoms with Crippen LogP contribution < -0.4 is 5.32 Å². The molecule has 3 heterocycles. The van der Waals surface area contributed by atoms with Crippen molar-refractivity contribution in [3.8, 4) is 5.82 Å². The minimum atomic E-state index is 0.227. The highest BCUT2D eigenvalue weighted by atomic mass is 16.2. The lowest BCUT2D eigenvalue weighted by Crippen LogP contribution is -2.35. The van der Waals surface area contributed by atoms with Crippen molar-refractivity contribution in [2.75, 3.05) is 18.4 Å². The van der Waals surface area contributed by atoms with Crippen molar-refractivity contribution in [2.24, 2.45) is 5.92 Å². The van der Waals surface area contributed by atoms with E-state index in [1.54, 1.807) is 17.1 Å². The van der Waals surface area contributed by atoms with E-state index < -0.39 is 0 Å². The van der Waals surface area contributed by atoms with Crippen LogP contribution in [-0.4, -0.2) is 49.7 Å². The summed E-state index contributed by atoms with van der Waals surface area (Å²) in [6, 6.07) is 2.25. The lowest BCUT2D eigenvalue weighted by molar-refractivity contribution is -0.134. The van der Waals surface area contributed by atoms with Gasteiger partial charge < -0.3 is 10.2 Å². The Balaban J connectivity index is 1.41. The Kier molecular flexibility index (Phi) is 4.61. The number of carbonyl (C=O) groups excluding carboxylic acids is 1. The molecule has 1 aliphatic heterocycles. The van der Waals surface area contributed by atoms with E-state index in [-0.39, 0.29) is 12.0 Å². The average molecular weight is 354 g/mol. The zero-order chi connectivity index (χ0) is 18.1. The molecule has 2 aromatic heterocycles. The molecular formula is C19H26N6O. The number of nitrogens with zero attached hydrogens (tertiary/aromatic N) is 5. The molecule has 0 aromatic carbocycles. The second-order valence-corrected chi connectivity index (χ2v) is 7.50. The largest absolute Gasteiger partial charge is 0.364 e. The first-order valence-corrected chi connectivity index (χ1v) is 9.51. The first kappa shape index (κ1) is 17.0.